The van der Waals surface area contributed by atoms with E-state index < -0.39 is 33.4 Å². The number of hydrogen-bond donors (Lipinski definition) is 3. The minimum absolute atomic E-state index is 0.00948. The molecular formula is C28H24FN7O5S. The highest BCUT2D eigenvalue weighted by molar-refractivity contribution is 7.92. The number of H-pyrrole nitrogens is 1. The largest absolute Gasteiger partial charge is 0.462 e. The standard InChI is InChI=1S/C28H24FN7O5S/c1-3-15-5-7-16(8-6-15)24-23-19(28(38)41-4-2)12-22(33-27(23)35-34-24)26-31-13-18(14-32-26)42(39,40)36-21-10-9-17(25(30)37)11-20(21)29/h5-14,36H,3-4H2,1-2H3,(H2,30,37)(H,33,34,35). The van der Waals surface area contributed by atoms with Crippen LogP contribution in [0.5, 0.6) is 0 Å². The van der Waals surface area contributed by atoms with Gasteiger partial charge in [0.05, 0.1) is 41.3 Å². The van der Waals surface area contributed by atoms with Crippen molar-refractivity contribution in [2.24, 2.45) is 5.73 Å². The second-order valence-corrected chi connectivity index (χ2v) is 10.7. The van der Waals surface area contributed by atoms with Crippen LogP contribution in [-0.2, 0) is 21.2 Å². The van der Waals surface area contributed by atoms with Gasteiger partial charge in [0.1, 0.15) is 16.4 Å². The molecule has 1 amide bonds. The highest BCUT2D eigenvalue weighted by Gasteiger charge is 2.23. The first-order valence-corrected chi connectivity index (χ1v) is 14.2. The number of esters is 1. The number of hydrogen-bond acceptors (Lipinski definition) is 9. The van der Waals surface area contributed by atoms with Crippen molar-refractivity contribution in [1.29, 1.82) is 0 Å². The molecular weight excluding hydrogens is 565 g/mol. The first-order valence-electron chi connectivity index (χ1n) is 12.7. The Morgan fingerprint density at radius 3 is 2.38 bits per heavy atom. The van der Waals surface area contributed by atoms with Gasteiger partial charge in [-0.1, -0.05) is 31.2 Å². The molecule has 0 fully saturated rings. The Hall–Kier alpha value is -5.24. The van der Waals surface area contributed by atoms with Gasteiger partial charge in [0.15, 0.2) is 11.5 Å². The average molecular weight is 590 g/mol. The first-order chi connectivity index (χ1) is 20.1. The Kier molecular flexibility index (Phi) is 7.63. The van der Waals surface area contributed by atoms with E-state index in [9.17, 15) is 22.4 Å². The number of aryl methyl sites for hydroxylation is 1. The van der Waals surface area contributed by atoms with Crippen molar-refractivity contribution in [2.45, 2.75) is 25.2 Å². The van der Waals surface area contributed by atoms with Crippen molar-refractivity contribution >= 4 is 38.6 Å². The number of aromatic amines is 1. The van der Waals surface area contributed by atoms with Crippen LogP contribution in [0.4, 0.5) is 10.1 Å². The molecule has 3 heterocycles. The van der Waals surface area contributed by atoms with Crippen molar-refractivity contribution in [3.63, 3.8) is 0 Å². The number of fused-ring (bicyclic) bond motifs is 1. The number of nitrogens with zero attached hydrogens (tertiary/aromatic N) is 4. The van der Waals surface area contributed by atoms with Crippen molar-refractivity contribution in [3.8, 4) is 22.8 Å². The number of carbonyl (C=O) groups is 2. The molecule has 3 aromatic heterocycles. The molecule has 0 radical (unpaired) electrons. The number of primary amides is 1. The lowest BCUT2D eigenvalue weighted by molar-refractivity contribution is 0.0528. The molecule has 0 aliphatic rings. The maximum Gasteiger partial charge on any atom is 0.339 e. The summed E-state index contributed by atoms with van der Waals surface area (Å²) in [6.45, 7) is 3.88. The number of sulfonamides is 1. The number of amides is 1. The van der Waals surface area contributed by atoms with Gasteiger partial charge in [0, 0.05) is 11.1 Å². The van der Waals surface area contributed by atoms with Crippen LogP contribution in [-0.4, -0.2) is 52.1 Å². The number of benzene rings is 2. The second kappa shape index (κ2) is 11.3. The van der Waals surface area contributed by atoms with E-state index in [1.54, 1.807) is 6.92 Å². The zero-order valence-corrected chi connectivity index (χ0v) is 23.2. The SMILES string of the molecule is CCOC(=O)c1cc(-c2ncc(S(=O)(=O)Nc3ccc(C(N)=O)cc3F)cn2)nc2n[nH]c(-c3ccc(CC)cc3)c12. The van der Waals surface area contributed by atoms with Gasteiger partial charge in [-0.15, -0.1) is 0 Å². The summed E-state index contributed by atoms with van der Waals surface area (Å²) in [5.41, 5.74) is 7.68. The molecule has 214 valence electrons. The zero-order valence-electron chi connectivity index (χ0n) is 22.4. The van der Waals surface area contributed by atoms with Gasteiger partial charge in [0.2, 0.25) is 5.91 Å². The fourth-order valence-corrected chi connectivity index (χ4v) is 5.12. The van der Waals surface area contributed by atoms with E-state index in [4.69, 9.17) is 10.5 Å². The van der Waals surface area contributed by atoms with E-state index >= 15 is 0 Å². The lowest BCUT2D eigenvalue weighted by atomic mass is 10.0. The van der Waals surface area contributed by atoms with Crippen molar-refractivity contribution in [2.75, 3.05) is 11.3 Å². The lowest BCUT2D eigenvalue weighted by Crippen LogP contribution is -2.16. The smallest absolute Gasteiger partial charge is 0.339 e. The number of pyridine rings is 1. The number of halogens is 1. The van der Waals surface area contributed by atoms with Crippen LogP contribution >= 0.6 is 0 Å². The number of ether oxygens (including phenoxy) is 1. The van der Waals surface area contributed by atoms with Crippen molar-refractivity contribution < 1.29 is 27.1 Å². The van der Waals surface area contributed by atoms with Gasteiger partial charge < -0.3 is 10.5 Å². The minimum atomic E-state index is -4.31. The molecule has 5 aromatic rings. The van der Waals surface area contributed by atoms with Crippen LogP contribution in [0.2, 0.25) is 0 Å². The maximum absolute atomic E-state index is 14.4. The highest BCUT2D eigenvalue weighted by atomic mass is 32.2. The van der Waals surface area contributed by atoms with Gasteiger partial charge in [0.25, 0.3) is 10.0 Å². The monoisotopic (exact) mass is 589 g/mol. The van der Waals surface area contributed by atoms with Gasteiger partial charge >= 0.3 is 5.97 Å². The summed E-state index contributed by atoms with van der Waals surface area (Å²) in [4.78, 5) is 36.6. The quantitative estimate of drug-likeness (QED) is 0.215. The van der Waals surface area contributed by atoms with E-state index in [0.717, 1.165) is 42.1 Å². The molecule has 12 nitrogen and oxygen atoms in total. The normalized spacial score (nSPS) is 11.4. The first kappa shape index (κ1) is 28.3. The molecule has 0 aliphatic heterocycles. The Balaban J connectivity index is 1.50. The van der Waals surface area contributed by atoms with E-state index in [1.165, 1.54) is 12.1 Å². The summed E-state index contributed by atoms with van der Waals surface area (Å²) in [6.07, 6.45) is 2.91. The molecule has 4 N–H and O–H groups in total. The van der Waals surface area contributed by atoms with Crippen molar-refractivity contribution in [3.05, 3.63) is 83.4 Å². The third-order valence-corrected chi connectivity index (χ3v) is 7.66. The fourth-order valence-electron chi connectivity index (χ4n) is 4.17. The molecule has 0 spiro atoms. The molecule has 14 heteroatoms. The summed E-state index contributed by atoms with van der Waals surface area (Å²) in [7, 11) is -4.31. The Labute approximate surface area is 239 Å². The second-order valence-electron chi connectivity index (χ2n) is 9.03. The summed E-state index contributed by atoms with van der Waals surface area (Å²) < 4.78 is 47.4. The van der Waals surface area contributed by atoms with E-state index in [-0.39, 0.29) is 39.8 Å². The van der Waals surface area contributed by atoms with Crippen LogP contribution in [0.1, 0.15) is 40.1 Å². The molecule has 0 atom stereocenters. The van der Waals surface area contributed by atoms with E-state index in [0.29, 0.717) is 11.1 Å². The fraction of sp³-hybridized carbons (Fsp3) is 0.143. The van der Waals surface area contributed by atoms with E-state index in [1.807, 2.05) is 24.3 Å². The van der Waals surface area contributed by atoms with Gasteiger partial charge in [-0.05, 0) is 43.2 Å². The van der Waals surface area contributed by atoms with Crippen LogP contribution < -0.4 is 10.5 Å². The summed E-state index contributed by atoms with van der Waals surface area (Å²) in [5.74, 6) is -2.44. The predicted octanol–water partition coefficient (Wildman–Crippen LogP) is 3.86. The van der Waals surface area contributed by atoms with Gasteiger partial charge in [-0.2, -0.15) is 5.10 Å². The number of anilines is 1. The highest BCUT2D eigenvalue weighted by Crippen LogP contribution is 2.31. The lowest BCUT2D eigenvalue weighted by Gasteiger charge is -2.10. The number of nitrogens with two attached hydrogens (primary N) is 1. The molecule has 0 saturated carbocycles. The molecule has 2 aromatic carbocycles. The van der Waals surface area contributed by atoms with Crippen LogP contribution in [0.25, 0.3) is 33.8 Å². The summed E-state index contributed by atoms with van der Waals surface area (Å²) in [5, 5.41) is 7.68. The molecule has 0 bridgehead atoms. The number of carbonyl (C=O) groups excluding carboxylic acids is 2. The van der Waals surface area contributed by atoms with Crippen LogP contribution in [0, 0.1) is 5.82 Å². The molecule has 0 unspecified atom stereocenters. The summed E-state index contributed by atoms with van der Waals surface area (Å²) in [6, 6.07) is 12.3. The Bertz CT molecular complexity index is 1930. The average Bonchev–Trinajstić information content (AvgIpc) is 3.42. The Morgan fingerprint density at radius 2 is 1.76 bits per heavy atom. The molecule has 0 aliphatic carbocycles. The van der Waals surface area contributed by atoms with E-state index in [2.05, 4.69) is 36.8 Å². The predicted molar refractivity (Wildman–Crippen MR) is 151 cm³/mol. The third kappa shape index (κ3) is 5.51. The third-order valence-electron chi connectivity index (χ3n) is 6.34. The number of nitrogens with one attached hydrogen (secondary N) is 2. The maximum atomic E-state index is 14.4. The zero-order chi connectivity index (χ0) is 30.0. The van der Waals surface area contributed by atoms with Crippen molar-refractivity contribution in [1.82, 2.24) is 25.1 Å². The molecule has 42 heavy (non-hydrogen) atoms. The Morgan fingerprint density at radius 1 is 1.05 bits per heavy atom. The van der Waals surface area contributed by atoms with Crippen LogP contribution in [0.3, 0.4) is 0 Å². The minimum Gasteiger partial charge on any atom is -0.462 e. The molecule has 0 saturated heterocycles. The van der Waals surface area contributed by atoms with Gasteiger partial charge in [-0.25, -0.2) is 32.6 Å². The van der Waals surface area contributed by atoms with Crippen LogP contribution in [0.15, 0.2) is 65.8 Å². The number of aromatic nitrogens is 5. The summed E-state index contributed by atoms with van der Waals surface area (Å²) >= 11 is 0. The topological polar surface area (TPSA) is 183 Å². The van der Waals surface area contributed by atoms with Gasteiger partial charge in [-0.3, -0.25) is 14.6 Å². The molecule has 5 rings (SSSR count). The number of rotatable bonds is 9.